The van der Waals surface area contributed by atoms with Gasteiger partial charge in [-0.3, -0.25) is 25.8 Å². The predicted octanol–water partition coefficient (Wildman–Crippen LogP) is 3.89. The van der Waals surface area contributed by atoms with Crippen LogP contribution in [0.1, 0.15) is 18.4 Å². The predicted molar refractivity (Wildman–Crippen MR) is 119 cm³/mol. The Balaban J connectivity index is 1.61. The Bertz CT molecular complexity index is 892. The van der Waals surface area contributed by atoms with Gasteiger partial charge in [-0.15, -0.1) is 0 Å². The van der Waals surface area contributed by atoms with E-state index in [0.717, 1.165) is 5.56 Å². The molecule has 0 aromatic heterocycles. The molecule has 0 spiro atoms. The summed E-state index contributed by atoms with van der Waals surface area (Å²) in [7, 11) is 0. The molecular weight excluding hydrogens is 433 g/mol. The van der Waals surface area contributed by atoms with Gasteiger partial charge in [0.05, 0.1) is 11.6 Å². The molecule has 152 valence electrons. The van der Waals surface area contributed by atoms with E-state index >= 15 is 0 Å². The van der Waals surface area contributed by atoms with Crippen LogP contribution in [-0.2, 0) is 9.59 Å². The van der Waals surface area contributed by atoms with Gasteiger partial charge in [0, 0.05) is 17.5 Å². The molecule has 0 heterocycles. The summed E-state index contributed by atoms with van der Waals surface area (Å²) in [6, 6.07) is 14.3. The molecule has 0 aliphatic heterocycles. The number of carbonyl (C=O) groups is 2. The maximum Gasteiger partial charge on any atom is 0.250 e. The Morgan fingerprint density at radius 2 is 1.83 bits per heavy atom. The van der Waals surface area contributed by atoms with Gasteiger partial charge in [0.15, 0.2) is 5.11 Å². The van der Waals surface area contributed by atoms with Gasteiger partial charge in [-0.05, 0) is 48.5 Å². The smallest absolute Gasteiger partial charge is 0.250 e. The largest absolute Gasteiger partial charge is 0.492 e. The summed E-state index contributed by atoms with van der Waals surface area (Å²) < 4.78 is 5.50. The highest BCUT2D eigenvalue weighted by Gasteiger charge is 2.06. The lowest BCUT2D eigenvalue weighted by molar-refractivity contribution is -0.122. The summed E-state index contributed by atoms with van der Waals surface area (Å²) >= 11 is 16.8. The first-order chi connectivity index (χ1) is 13.9. The minimum Gasteiger partial charge on any atom is -0.492 e. The van der Waals surface area contributed by atoms with Crippen molar-refractivity contribution >= 4 is 58.4 Å². The van der Waals surface area contributed by atoms with E-state index in [4.69, 9.17) is 40.2 Å². The first kappa shape index (κ1) is 22.7. The highest BCUT2D eigenvalue weighted by molar-refractivity contribution is 7.80. The van der Waals surface area contributed by atoms with Gasteiger partial charge in [0.25, 0.3) is 0 Å². The molecule has 0 atom stereocenters. The number of halogens is 2. The van der Waals surface area contributed by atoms with E-state index in [0.29, 0.717) is 28.8 Å². The molecule has 0 aliphatic carbocycles. The fourth-order valence-electron chi connectivity index (χ4n) is 2.12. The zero-order valence-corrected chi connectivity index (χ0v) is 17.6. The van der Waals surface area contributed by atoms with Gasteiger partial charge < -0.3 is 4.74 Å². The second kappa shape index (κ2) is 12.1. The van der Waals surface area contributed by atoms with Gasteiger partial charge in [-0.1, -0.05) is 53.5 Å². The van der Waals surface area contributed by atoms with Crippen molar-refractivity contribution in [3.05, 3.63) is 70.2 Å². The molecular formula is C20H19Cl2N3O3S. The molecule has 2 amide bonds. The van der Waals surface area contributed by atoms with E-state index in [2.05, 4.69) is 16.2 Å². The highest BCUT2D eigenvalue weighted by Crippen LogP contribution is 2.27. The standard InChI is InChI=1S/C20H19Cl2N3O3S/c21-15-9-10-17(16(22)13-15)28-12-4-7-19(27)24-25-20(29)23-18(26)11-8-14-5-2-1-3-6-14/h1-3,5-6,8-11,13H,4,7,12H2,(H,24,27)(H2,23,25,26,29)/b11-8+. The summed E-state index contributed by atoms with van der Waals surface area (Å²) in [6.45, 7) is 0.306. The minimum absolute atomic E-state index is 0.00902. The summed E-state index contributed by atoms with van der Waals surface area (Å²) in [5.41, 5.74) is 5.77. The first-order valence-electron chi connectivity index (χ1n) is 8.65. The normalized spacial score (nSPS) is 10.4. The topological polar surface area (TPSA) is 79.5 Å². The van der Waals surface area contributed by atoms with Crippen molar-refractivity contribution in [3.63, 3.8) is 0 Å². The Hall–Kier alpha value is -2.61. The fraction of sp³-hybridized carbons (Fsp3) is 0.150. The second-order valence-corrected chi connectivity index (χ2v) is 7.01. The van der Waals surface area contributed by atoms with E-state index in [1.54, 1.807) is 24.3 Å². The molecule has 6 nitrogen and oxygen atoms in total. The third-order valence-electron chi connectivity index (χ3n) is 3.48. The summed E-state index contributed by atoms with van der Waals surface area (Å²) in [5.74, 6) is -0.205. The fourth-order valence-corrected chi connectivity index (χ4v) is 2.73. The van der Waals surface area contributed by atoms with Gasteiger partial charge in [-0.25, -0.2) is 0 Å². The number of carbonyl (C=O) groups excluding carboxylic acids is 2. The molecule has 9 heteroatoms. The van der Waals surface area contributed by atoms with Crippen molar-refractivity contribution in [2.45, 2.75) is 12.8 Å². The van der Waals surface area contributed by atoms with Crippen LogP contribution in [0.4, 0.5) is 0 Å². The second-order valence-electron chi connectivity index (χ2n) is 5.76. The molecule has 0 radical (unpaired) electrons. The van der Waals surface area contributed by atoms with Crippen LogP contribution >= 0.6 is 35.4 Å². The highest BCUT2D eigenvalue weighted by atomic mass is 35.5. The molecule has 2 rings (SSSR count). The number of amides is 2. The maximum atomic E-state index is 11.8. The van der Waals surface area contributed by atoms with Crippen molar-refractivity contribution in [1.29, 1.82) is 0 Å². The number of ether oxygens (including phenoxy) is 1. The number of hydrogen-bond acceptors (Lipinski definition) is 4. The average molecular weight is 452 g/mol. The van der Waals surface area contributed by atoms with Crippen molar-refractivity contribution in [2.75, 3.05) is 6.61 Å². The molecule has 0 unspecified atom stereocenters. The first-order valence-corrected chi connectivity index (χ1v) is 9.81. The Kier molecular flexibility index (Phi) is 9.43. The van der Waals surface area contributed by atoms with E-state index in [9.17, 15) is 9.59 Å². The molecule has 0 bridgehead atoms. The zero-order chi connectivity index (χ0) is 21.1. The van der Waals surface area contributed by atoms with Crippen LogP contribution < -0.4 is 20.9 Å². The van der Waals surface area contributed by atoms with E-state index in [1.165, 1.54) is 6.08 Å². The van der Waals surface area contributed by atoms with Gasteiger partial charge >= 0.3 is 0 Å². The van der Waals surface area contributed by atoms with E-state index in [-0.39, 0.29) is 17.4 Å². The van der Waals surface area contributed by atoms with Crippen LogP contribution in [0.25, 0.3) is 6.08 Å². The number of nitrogens with one attached hydrogen (secondary N) is 3. The Labute approximate surface area is 184 Å². The van der Waals surface area contributed by atoms with Crippen molar-refractivity contribution < 1.29 is 14.3 Å². The number of hydrogen-bond donors (Lipinski definition) is 3. The lowest BCUT2D eigenvalue weighted by atomic mass is 10.2. The number of rotatable bonds is 7. The quantitative estimate of drug-likeness (QED) is 0.257. The van der Waals surface area contributed by atoms with Crippen LogP contribution in [0.15, 0.2) is 54.6 Å². The summed E-state index contributed by atoms with van der Waals surface area (Å²) in [4.78, 5) is 23.6. The SMILES string of the molecule is O=C(/C=C/c1ccccc1)NC(=S)NNC(=O)CCCOc1ccc(Cl)cc1Cl. The van der Waals surface area contributed by atoms with E-state index in [1.807, 2.05) is 30.3 Å². The number of hydrazine groups is 1. The van der Waals surface area contributed by atoms with Crippen LogP contribution in [0.2, 0.25) is 10.0 Å². The van der Waals surface area contributed by atoms with Crippen molar-refractivity contribution in [1.82, 2.24) is 16.2 Å². The number of benzene rings is 2. The lowest BCUT2D eigenvalue weighted by Gasteiger charge is -2.10. The minimum atomic E-state index is -0.408. The molecule has 0 fully saturated rings. The molecule has 0 aliphatic rings. The summed E-state index contributed by atoms with van der Waals surface area (Å²) in [5, 5.41) is 3.35. The molecule has 2 aromatic carbocycles. The van der Waals surface area contributed by atoms with Gasteiger partial charge in [-0.2, -0.15) is 0 Å². The lowest BCUT2D eigenvalue weighted by Crippen LogP contribution is -2.48. The van der Waals surface area contributed by atoms with Crippen LogP contribution in [-0.4, -0.2) is 23.5 Å². The zero-order valence-electron chi connectivity index (χ0n) is 15.3. The number of thiocarbonyl (C=S) groups is 1. The molecule has 0 saturated carbocycles. The maximum absolute atomic E-state index is 11.8. The summed E-state index contributed by atoms with van der Waals surface area (Å²) in [6.07, 6.45) is 3.67. The monoisotopic (exact) mass is 451 g/mol. The Morgan fingerprint density at radius 3 is 2.55 bits per heavy atom. The van der Waals surface area contributed by atoms with Crippen molar-refractivity contribution in [3.8, 4) is 5.75 Å². The van der Waals surface area contributed by atoms with Crippen LogP contribution in [0.3, 0.4) is 0 Å². The Morgan fingerprint density at radius 1 is 1.07 bits per heavy atom. The van der Waals surface area contributed by atoms with Gasteiger partial charge in [0.1, 0.15) is 5.75 Å². The van der Waals surface area contributed by atoms with Crippen LogP contribution in [0, 0.1) is 0 Å². The molecule has 2 aromatic rings. The van der Waals surface area contributed by atoms with E-state index < -0.39 is 5.91 Å². The third-order valence-corrected chi connectivity index (χ3v) is 4.21. The third kappa shape index (κ3) is 8.95. The molecule has 3 N–H and O–H groups in total. The molecule has 29 heavy (non-hydrogen) atoms. The molecule has 0 saturated heterocycles. The van der Waals surface area contributed by atoms with Crippen LogP contribution in [0.5, 0.6) is 5.75 Å². The average Bonchev–Trinajstić information content (AvgIpc) is 2.70. The van der Waals surface area contributed by atoms with Crippen molar-refractivity contribution in [2.24, 2.45) is 0 Å². The van der Waals surface area contributed by atoms with Gasteiger partial charge in [0.2, 0.25) is 11.8 Å².